The van der Waals surface area contributed by atoms with Crippen molar-refractivity contribution in [2.24, 2.45) is 0 Å². The molecule has 1 fully saturated rings. The van der Waals surface area contributed by atoms with Gasteiger partial charge in [-0.1, -0.05) is 35.9 Å². The number of benzene rings is 2. The van der Waals surface area contributed by atoms with Crippen LogP contribution in [0, 0.1) is 0 Å². The van der Waals surface area contributed by atoms with Gasteiger partial charge in [0.25, 0.3) is 5.91 Å². The molecule has 1 spiro atoms. The van der Waals surface area contributed by atoms with Crippen molar-refractivity contribution in [1.82, 2.24) is 4.90 Å². The predicted molar refractivity (Wildman–Crippen MR) is 115 cm³/mol. The maximum absolute atomic E-state index is 13.6. The van der Waals surface area contributed by atoms with E-state index in [1.807, 2.05) is 31.2 Å². The van der Waals surface area contributed by atoms with Crippen LogP contribution in [0.2, 0.25) is 5.02 Å². The number of anilines is 2. The minimum Gasteiger partial charge on any atom is -0.309 e. The Morgan fingerprint density at radius 1 is 1.21 bits per heavy atom. The van der Waals surface area contributed by atoms with Gasteiger partial charge in [-0.15, -0.1) is 11.8 Å². The molecule has 7 heteroatoms. The van der Waals surface area contributed by atoms with Crippen LogP contribution in [-0.2, 0) is 9.67 Å². The minimum absolute atomic E-state index is 0.0620. The Morgan fingerprint density at radius 2 is 1.96 bits per heavy atom. The maximum Gasteiger partial charge on any atom is 0.323 e. The monoisotopic (exact) mass is 415 g/mol. The van der Waals surface area contributed by atoms with Gasteiger partial charge >= 0.3 is 6.03 Å². The van der Waals surface area contributed by atoms with Crippen molar-refractivity contribution < 1.29 is 9.59 Å². The lowest BCUT2D eigenvalue weighted by Crippen LogP contribution is -2.51. The Labute approximate surface area is 174 Å². The molecule has 28 heavy (non-hydrogen) atoms. The van der Waals surface area contributed by atoms with Gasteiger partial charge in [-0.3, -0.25) is 9.69 Å². The van der Waals surface area contributed by atoms with Crippen LogP contribution >= 0.6 is 23.4 Å². The number of hydrogen-bond donors (Lipinski definition) is 1. The van der Waals surface area contributed by atoms with Crippen LogP contribution in [0.1, 0.15) is 26.3 Å². The van der Waals surface area contributed by atoms with Crippen LogP contribution in [0.3, 0.4) is 0 Å². The first kappa shape index (κ1) is 19.2. The van der Waals surface area contributed by atoms with Crippen LogP contribution in [0.15, 0.2) is 48.5 Å². The number of halogens is 1. The van der Waals surface area contributed by atoms with Crippen molar-refractivity contribution in [3.63, 3.8) is 0 Å². The van der Waals surface area contributed by atoms with Crippen LogP contribution < -0.4 is 10.2 Å². The van der Waals surface area contributed by atoms with E-state index in [0.29, 0.717) is 23.8 Å². The third-order valence-electron chi connectivity index (χ3n) is 5.08. The number of nitrogens with one attached hydrogen (secondary N) is 1. The molecule has 0 radical (unpaired) electrons. The van der Waals surface area contributed by atoms with E-state index in [4.69, 9.17) is 11.6 Å². The molecule has 0 aliphatic carbocycles. The average molecular weight is 416 g/mol. The van der Waals surface area contributed by atoms with E-state index >= 15 is 0 Å². The van der Waals surface area contributed by atoms with Gasteiger partial charge in [-0.25, -0.2) is 4.79 Å². The summed E-state index contributed by atoms with van der Waals surface area (Å²) in [5, 5.41) is 3.46. The second-order valence-electron chi connectivity index (χ2n) is 7.60. The predicted octanol–water partition coefficient (Wildman–Crippen LogP) is 4.92. The Balaban J connectivity index is 1.78. The van der Waals surface area contributed by atoms with Crippen LogP contribution in [0.4, 0.5) is 16.2 Å². The smallest absolute Gasteiger partial charge is 0.309 e. The molecular formula is C21H22ClN3O2S. The van der Waals surface area contributed by atoms with Gasteiger partial charge in [-0.05, 0) is 45.0 Å². The SMILES string of the molecule is CCN1C(=O)[C@]2(SC(C)(C)CN2C(=O)Nc2cccc(Cl)c2)c2ccccc21. The Hall–Kier alpha value is -2.18. The van der Waals surface area contributed by atoms with Gasteiger partial charge in [0.05, 0.1) is 5.69 Å². The summed E-state index contributed by atoms with van der Waals surface area (Å²) in [6.07, 6.45) is 0. The number of hydrogen-bond acceptors (Lipinski definition) is 3. The van der Waals surface area contributed by atoms with Gasteiger partial charge in [0, 0.05) is 34.1 Å². The Kier molecular flexibility index (Phi) is 4.59. The van der Waals surface area contributed by atoms with Crippen molar-refractivity contribution in [2.75, 3.05) is 23.3 Å². The maximum atomic E-state index is 13.6. The molecule has 2 aromatic carbocycles. The highest BCUT2D eigenvalue weighted by molar-refractivity contribution is 8.02. The van der Waals surface area contributed by atoms with Gasteiger partial charge in [-0.2, -0.15) is 0 Å². The van der Waals surface area contributed by atoms with Gasteiger partial charge in [0.2, 0.25) is 0 Å². The largest absolute Gasteiger partial charge is 0.323 e. The highest BCUT2D eigenvalue weighted by Gasteiger charge is 2.63. The van der Waals surface area contributed by atoms with Crippen LogP contribution in [0.25, 0.3) is 0 Å². The number of carbonyl (C=O) groups is 2. The molecular weight excluding hydrogens is 394 g/mol. The fraction of sp³-hybridized carbons (Fsp3) is 0.333. The van der Waals surface area contributed by atoms with Crippen LogP contribution in [0.5, 0.6) is 0 Å². The summed E-state index contributed by atoms with van der Waals surface area (Å²) in [6, 6.07) is 14.5. The minimum atomic E-state index is -1.06. The Morgan fingerprint density at radius 3 is 2.68 bits per heavy atom. The van der Waals surface area contributed by atoms with Crippen molar-refractivity contribution in [3.8, 4) is 0 Å². The van der Waals surface area contributed by atoms with Crippen molar-refractivity contribution >= 4 is 46.7 Å². The Bertz CT molecular complexity index is 964. The van der Waals surface area contributed by atoms with E-state index < -0.39 is 4.87 Å². The number of fused-ring (bicyclic) bond motifs is 2. The number of rotatable bonds is 2. The standard InChI is InChI=1S/C21H22ClN3O2S/c1-4-24-17-11-6-5-10-16(17)21(18(24)26)25(13-20(2,3)28-21)19(27)23-15-9-7-8-14(22)12-15/h5-12H,4,13H2,1-3H3,(H,23,27)/t21-/m1/s1. The molecule has 2 aliphatic heterocycles. The van der Waals surface area contributed by atoms with Crippen molar-refractivity contribution in [3.05, 3.63) is 59.1 Å². The molecule has 2 aromatic rings. The summed E-state index contributed by atoms with van der Waals surface area (Å²) in [4.78, 5) is 29.3. The molecule has 1 N–H and O–H groups in total. The molecule has 2 aliphatic rings. The first-order valence-corrected chi connectivity index (χ1v) is 10.4. The zero-order valence-corrected chi connectivity index (χ0v) is 17.6. The highest BCUT2D eigenvalue weighted by atomic mass is 35.5. The third kappa shape index (κ3) is 2.86. The molecule has 2 heterocycles. The molecule has 5 nitrogen and oxygen atoms in total. The fourth-order valence-corrected chi connectivity index (χ4v) is 5.95. The number of likely N-dealkylation sites (N-methyl/N-ethyl adjacent to an activating group) is 1. The first-order valence-electron chi connectivity index (χ1n) is 9.24. The highest BCUT2D eigenvalue weighted by Crippen LogP contribution is 2.59. The normalized spacial score (nSPS) is 22.6. The molecule has 146 valence electrons. The molecule has 3 amide bonds. The lowest BCUT2D eigenvalue weighted by Gasteiger charge is -2.33. The second-order valence-corrected chi connectivity index (χ2v) is 9.94. The second kappa shape index (κ2) is 6.71. The number of thioether (sulfide) groups is 1. The number of para-hydroxylation sites is 1. The number of urea groups is 1. The lowest BCUT2D eigenvalue weighted by molar-refractivity contribution is -0.123. The molecule has 0 saturated carbocycles. The van der Waals surface area contributed by atoms with Crippen molar-refractivity contribution in [2.45, 2.75) is 30.4 Å². The number of amides is 3. The van der Waals surface area contributed by atoms with E-state index in [1.165, 1.54) is 0 Å². The zero-order valence-electron chi connectivity index (χ0n) is 16.0. The fourth-order valence-electron chi connectivity index (χ4n) is 4.03. The lowest BCUT2D eigenvalue weighted by atomic mass is 10.1. The summed E-state index contributed by atoms with van der Waals surface area (Å²) in [6.45, 7) is 7.10. The quantitative estimate of drug-likeness (QED) is 0.757. The van der Waals surface area contributed by atoms with Crippen molar-refractivity contribution in [1.29, 1.82) is 0 Å². The zero-order chi connectivity index (χ0) is 20.1. The summed E-state index contributed by atoms with van der Waals surface area (Å²) < 4.78 is -0.266. The average Bonchev–Trinajstić information content (AvgIpc) is 3.07. The molecule has 0 unspecified atom stereocenters. The van der Waals surface area contributed by atoms with E-state index in [1.54, 1.807) is 45.8 Å². The summed E-state index contributed by atoms with van der Waals surface area (Å²) in [5.41, 5.74) is 2.35. The first-order chi connectivity index (χ1) is 13.3. The third-order valence-corrected chi connectivity index (χ3v) is 6.90. The van der Waals surface area contributed by atoms with Crippen LogP contribution in [-0.4, -0.2) is 34.7 Å². The van der Waals surface area contributed by atoms with Gasteiger partial charge < -0.3 is 10.2 Å². The summed E-state index contributed by atoms with van der Waals surface area (Å²) in [7, 11) is 0. The summed E-state index contributed by atoms with van der Waals surface area (Å²) >= 11 is 7.60. The molecule has 1 atom stereocenters. The number of nitrogens with zero attached hydrogens (tertiary/aromatic N) is 2. The molecule has 4 rings (SSSR count). The van der Waals surface area contributed by atoms with E-state index in [9.17, 15) is 9.59 Å². The molecule has 0 aromatic heterocycles. The number of carbonyl (C=O) groups excluding carboxylic acids is 2. The van der Waals surface area contributed by atoms with E-state index in [-0.39, 0.29) is 16.7 Å². The van der Waals surface area contributed by atoms with E-state index in [0.717, 1.165) is 11.3 Å². The molecule has 1 saturated heterocycles. The topological polar surface area (TPSA) is 52.7 Å². The van der Waals surface area contributed by atoms with Gasteiger partial charge in [0.1, 0.15) is 0 Å². The molecule has 0 bridgehead atoms. The van der Waals surface area contributed by atoms with E-state index in [2.05, 4.69) is 19.2 Å². The van der Waals surface area contributed by atoms with Gasteiger partial charge in [0.15, 0.2) is 4.87 Å². The summed E-state index contributed by atoms with van der Waals surface area (Å²) in [5.74, 6) is -0.0620.